The van der Waals surface area contributed by atoms with E-state index in [1.54, 1.807) is 11.8 Å². The molecule has 1 saturated heterocycles. The molecule has 0 aromatic heterocycles. The van der Waals surface area contributed by atoms with Crippen molar-refractivity contribution in [2.45, 2.75) is 52.0 Å². The minimum Gasteiger partial charge on any atom is -0.464 e. The first-order valence-electron chi connectivity index (χ1n) is 7.11. The van der Waals surface area contributed by atoms with Crippen LogP contribution >= 0.6 is 0 Å². The highest BCUT2D eigenvalue weighted by atomic mass is 16.5. The van der Waals surface area contributed by atoms with E-state index in [1.165, 1.54) is 12.8 Å². The molecular weight excluding hydrogens is 230 g/mol. The number of nitrogens with zero attached hydrogens (tertiary/aromatic N) is 1. The molecule has 102 valence electrons. The Morgan fingerprint density at radius 2 is 2.11 bits per heavy atom. The molecule has 0 radical (unpaired) electrons. The van der Waals surface area contributed by atoms with Crippen molar-refractivity contribution in [2.75, 3.05) is 13.2 Å². The van der Waals surface area contributed by atoms with Gasteiger partial charge in [0.1, 0.15) is 6.04 Å². The van der Waals surface area contributed by atoms with Gasteiger partial charge in [-0.2, -0.15) is 0 Å². The lowest BCUT2D eigenvalue weighted by molar-refractivity contribution is -0.153. The van der Waals surface area contributed by atoms with E-state index in [-0.39, 0.29) is 17.9 Å². The summed E-state index contributed by atoms with van der Waals surface area (Å²) in [6, 6.07) is -0.373. The number of carbonyl (C=O) groups excluding carboxylic acids is 2. The van der Waals surface area contributed by atoms with Crippen molar-refractivity contribution < 1.29 is 14.3 Å². The van der Waals surface area contributed by atoms with Crippen LogP contribution in [0.3, 0.4) is 0 Å². The number of hydrogen-bond donors (Lipinski definition) is 0. The van der Waals surface area contributed by atoms with Gasteiger partial charge in [-0.3, -0.25) is 4.79 Å². The Labute approximate surface area is 109 Å². The van der Waals surface area contributed by atoms with E-state index < -0.39 is 0 Å². The first kappa shape index (κ1) is 13.4. The molecule has 1 aliphatic carbocycles. The van der Waals surface area contributed by atoms with Gasteiger partial charge in [0.25, 0.3) is 0 Å². The van der Waals surface area contributed by atoms with Gasteiger partial charge in [0.15, 0.2) is 0 Å². The Morgan fingerprint density at radius 3 is 2.67 bits per heavy atom. The molecule has 0 N–H and O–H groups in total. The minimum atomic E-state index is -0.373. The molecule has 2 aliphatic rings. The molecule has 1 heterocycles. The summed E-state index contributed by atoms with van der Waals surface area (Å²) in [5, 5.41) is 0. The zero-order valence-corrected chi connectivity index (χ0v) is 11.4. The second kappa shape index (κ2) is 5.72. The molecule has 4 nitrogen and oxygen atoms in total. The van der Waals surface area contributed by atoms with Gasteiger partial charge in [-0.15, -0.1) is 0 Å². The molecule has 2 fully saturated rings. The Morgan fingerprint density at radius 1 is 1.39 bits per heavy atom. The topological polar surface area (TPSA) is 46.6 Å². The molecule has 2 unspecified atom stereocenters. The lowest BCUT2D eigenvalue weighted by atomic mass is 10.0. The van der Waals surface area contributed by atoms with Gasteiger partial charge >= 0.3 is 5.97 Å². The summed E-state index contributed by atoms with van der Waals surface area (Å²) in [5.74, 6) is 1.17. The van der Waals surface area contributed by atoms with Crippen LogP contribution in [0.15, 0.2) is 0 Å². The third kappa shape index (κ3) is 3.03. The lowest BCUT2D eigenvalue weighted by Gasteiger charge is -2.25. The fraction of sp³-hybridized carbons (Fsp3) is 0.857. The van der Waals surface area contributed by atoms with Crippen molar-refractivity contribution in [1.82, 2.24) is 4.90 Å². The molecule has 1 saturated carbocycles. The average Bonchev–Trinajstić information content (AvgIpc) is 3.05. The molecule has 1 aliphatic heterocycles. The monoisotopic (exact) mass is 253 g/mol. The van der Waals surface area contributed by atoms with Crippen molar-refractivity contribution in [3.8, 4) is 0 Å². The van der Waals surface area contributed by atoms with Gasteiger partial charge in [-0.25, -0.2) is 4.79 Å². The van der Waals surface area contributed by atoms with Crippen LogP contribution in [0.1, 0.15) is 46.0 Å². The van der Waals surface area contributed by atoms with Crippen LogP contribution in [-0.4, -0.2) is 36.0 Å². The summed E-state index contributed by atoms with van der Waals surface area (Å²) in [6.07, 6.45) is 5.05. The van der Waals surface area contributed by atoms with E-state index >= 15 is 0 Å². The summed E-state index contributed by atoms with van der Waals surface area (Å²) in [4.78, 5) is 25.6. The predicted molar refractivity (Wildman–Crippen MR) is 67.9 cm³/mol. The Bertz CT molecular complexity index is 325. The van der Waals surface area contributed by atoms with E-state index in [2.05, 4.69) is 0 Å². The molecule has 1 amide bonds. The first-order chi connectivity index (χ1) is 8.65. The zero-order chi connectivity index (χ0) is 13.1. The maximum Gasteiger partial charge on any atom is 0.328 e. The quantitative estimate of drug-likeness (QED) is 0.680. The van der Waals surface area contributed by atoms with Crippen molar-refractivity contribution >= 4 is 11.9 Å². The molecule has 0 bridgehead atoms. The van der Waals surface area contributed by atoms with E-state index in [0.29, 0.717) is 25.4 Å². The van der Waals surface area contributed by atoms with Crippen LogP contribution in [0.4, 0.5) is 0 Å². The zero-order valence-electron chi connectivity index (χ0n) is 11.4. The number of hydrogen-bond acceptors (Lipinski definition) is 3. The summed E-state index contributed by atoms with van der Waals surface area (Å²) >= 11 is 0. The second-order valence-corrected chi connectivity index (χ2v) is 5.47. The van der Waals surface area contributed by atoms with E-state index in [9.17, 15) is 9.59 Å². The van der Waals surface area contributed by atoms with Gasteiger partial charge in [-0.1, -0.05) is 19.8 Å². The van der Waals surface area contributed by atoms with Crippen molar-refractivity contribution in [2.24, 2.45) is 11.8 Å². The molecule has 0 aromatic rings. The maximum atomic E-state index is 12.0. The van der Waals surface area contributed by atoms with Gasteiger partial charge in [0, 0.05) is 13.0 Å². The molecule has 2 rings (SSSR count). The number of ether oxygens (including phenoxy) is 1. The van der Waals surface area contributed by atoms with Crippen LogP contribution in [0.2, 0.25) is 0 Å². The summed E-state index contributed by atoms with van der Waals surface area (Å²) in [5.41, 5.74) is 0. The molecule has 0 aromatic carbocycles. The number of carbonyl (C=O) groups is 2. The fourth-order valence-corrected chi connectivity index (χ4v) is 2.85. The van der Waals surface area contributed by atoms with Crippen molar-refractivity contribution in [1.29, 1.82) is 0 Å². The summed E-state index contributed by atoms with van der Waals surface area (Å²) < 4.78 is 5.05. The summed E-state index contributed by atoms with van der Waals surface area (Å²) in [7, 11) is 0. The number of likely N-dealkylation sites (tertiary alicyclic amines) is 1. The highest BCUT2D eigenvalue weighted by Crippen LogP contribution is 2.38. The fourth-order valence-electron chi connectivity index (χ4n) is 2.85. The van der Waals surface area contributed by atoms with Crippen molar-refractivity contribution in [3.63, 3.8) is 0 Å². The molecule has 2 atom stereocenters. The van der Waals surface area contributed by atoms with Crippen LogP contribution in [0.25, 0.3) is 0 Å². The third-order valence-electron chi connectivity index (χ3n) is 3.92. The lowest BCUT2D eigenvalue weighted by Crippen LogP contribution is -2.42. The van der Waals surface area contributed by atoms with Crippen LogP contribution < -0.4 is 0 Å². The Hall–Kier alpha value is -1.06. The second-order valence-electron chi connectivity index (χ2n) is 5.47. The third-order valence-corrected chi connectivity index (χ3v) is 3.92. The molecule has 4 heteroatoms. The predicted octanol–water partition coefficient (Wildman–Crippen LogP) is 1.98. The largest absolute Gasteiger partial charge is 0.464 e. The van der Waals surface area contributed by atoms with Crippen LogP contribution in [0, 0.1) is 11.8 Å². The number of esters is 1. The van der Waals surface area contributed by atoms with Crippen LogP contribution in [-0.2, 0) is 14.3 Å². The number of rotatable bonds is 6. The Balaban J connectivity index is 1.93. The highest BCUT2D eigenvalue weighted by Gasteiger charge is 2.39. The Kier molecular flexibility index (Phi) is 4.25. The normalized spacial score (nSPS) is 25.3. The smallest absolute Gasteiger partial charge is 0.328 e. The maximum absolute atomic E-state index is 12.0. The first-order valence-corrected chi connectivity index (χ1v) is 7.11. The SMILES string of the molecule is CCOC(=O)C(CC)N1CC(CC2CC2)CC1=O. The molecule has 18 heavy (non-hydrogen) atoms. The summed E-state index contributed by atoms with van der Waals surface area (Å²) in [6.45, 7) is 4.85. The standard InChI is InChI=1S/C14H23NO3/c1-3-12(14(17)18-4-2)15-9-11(8-13(15)16)7-10-5-6-10/h10-12H,3-9H2,1-2H3. The van der Waals surface area contributed by atoms with Crippen LogP contribution in [0.5, 0.6) is 0 Å². The van der Waals surface area contributed by atoms with E-state index in [1.807, 2.05) is 6.92 Å². The molecular formula is C14H23NO3. The van der Waals surface area contributed by atoms with Gasteiger partial charge < -0.3 is 9.64 Å². The average molecular weight is 253 g/mol. The van der Waals surface area contributed by atoms with Gasteiger partial charge in [0.05, 0.1) is 6.61 Å². The highest BCUT2D eigenvalue weighted by molar-refractivity contribution is 5.86. The molecule has 0 spiro atoms. The van der Waals surface area contributed by atoms with E-state index in [0.717, 1.165) is 18.9 Å². The van der Waals surface area contributed by atoms with E-state index in [4.69, 9.17) is 4.74 Å². The van der Waals surface area contributed by atoms with Crippen molar-refractivity contribution in [3.05, 3.63) is 0 Å². The number of amides is 1. The van der Waals surface area contributed by atoms with Gasteiger partial charge in [-0.05, 0) is 31.6 Å². The van der Waals surface area contributed by atoms with Gasteiger partial charge in [0.2, 0.25) is 5.91 Å². The minimum absolute atomic E-state index is 0.126.